The largest absolute Gasteiger partial charge is 0.352 e. The van der Waals surface area contributed by atoms with Crippen molar-refractivity contribution >= 4 is 38.7 Å². The molecule has 4 nitrogen and oxygen atoms in total. The SMILES string of the molecule is C[C@@H](C(=O)NC1CC1)S(=O)(=O)Cc1ccc(Cl)s1. The maximum atomic E-state index is 12.1. The van der Waals surface area contributed by atoms with E-state index in [0.29, 0.717) is 9.21 Å². The Balaban J connectivity index is 2.02. The topological polar surface area (TPSA) is 63.2 Å². The van der Waals surface area contributed by atoms with Crippen molar-refractivity contribution in [2.24, 2.45) is 0 Å². The molecule has 0 aliphatic heterocycles. The Labute approximate surface area is 115 Å². The molecule has 0 spiro atoms. The normalized spacial score (nSPS) is 17.4. The van der Waals surface area contributed by atoms with Gasteiger partial charge in [-0.1, -0.05) is 11.6 Å². The van der Waals surface area contributed by atoms with Crippen LogP contribution >= 0.6 is 22.9 Å². The number of thiophene rings is 1. The molecule has 0 radical (unpaired) electrons. The summed E-state index contributed by atoms with van der Waals surface area (Å²) in [6, 6.07) is 3.51. The van der Waals surface area contributed by atoms with Crippen LogP contribution in [0.2, 0.25) is 4.34 Å². The van der Waals surface area contributed by atoms with Gasteiger partial charge in [0.25, 0.3) is 0 Å². The average molecular weight is 308 g/mol. The molecular formula is C11H14ClNO3S2. The second kappa shape index (κ2) is 5.19. The third-order valence-corrected chi connectivity index (χ3v) is 6.22. The van der Waals surface area contributed by atoms with E-state index in [-0.39, 0.29) is 11.8 Å². The zero-order chi connectivity index (χ0) is 13.3. The van der Waals surface area contributed by atoms with E-state index in [9.17, 15) is 13.2 Å². The fourth-order valence-corrected chi connectivity index (χ4v) is 4.21. The van der Waals surface area contributed by atoms with E-state index in [1.54, 1.807) is 12.1 Å². The van der Waals surface area contributed by atoms with Crippen LogP contribution in [-0.4, -0.2) is 25.6 Å². The third kappa shape index (κ3) is 3.46. The van der Waals surface area contributed by atoms with Gasteiger partial charge in [-0.15, -0.1) is 11.3 Å². The van der Waals surface area contributed by atoms with E-state index >= 15 is 0 Å². The number of rotatable bonds is 5. The van der Waals surface area contributed by atoms with Crippen LogP contribution in [0, 0.1) is 0 Å². The molecule has 7 heteroatoms. The van der Waals surface area contributed by atoms with Gasteiger partial charge in [-0.2, -0.15) is 0 Å². The smallest absolute Gasteiger partial charge is 0.238 e. The Kier molecular flexibility index (Phi) is 3.99. The quantitative estimate of drug-likeness (QED) is 0.905. The molecule has 0 saturated heterocycles. The second-order valence-electron chi connectivity index (χ2n) is 4.44. The summed E-state index contributed by atoms with van der Waals surface area (Å²) < 4.78 is 24.7. The molecule has 1 amide bonds. The van der Waals surface area contributed by atoms with Crippen molar-refractivity contribution in [3.63, 3.8) is 0 Å². The number of sulfone groups is 1. The number of hydrogen-bond acceptors (Lipinski definition) is 4. The van der Waals surface area contributed by atoms with Crippen molar-refractivity contribution in [1.29, 1.82) is 0 Å². The van der Waals surface area contributed by atoms with Crippen molar-refractivity contribution in [2.45, 2.75) is 36.8 Å². The van der Waals surface area contributed by atoms with Gasteiger partial charge in [-0.3, -0.25) is 4.79 Å². The molecule has 2 rings (SSSR count). The van der Waals surface area contributed by atoms with Crippen LogP contribution in [0.4, 0.5) is 0 Å². The van der Waals surface area contributed by atoms with Gasteiger partial charge in [-0.25, -0.2) is 8.42 Å². The highest BCUT2D eigenvalue weighted by atomic mass is 35.5. The highest BCUT2D eigenvalue weighted by Crippen LogP contribution is 2.25. The molecule has 1 aromatic heterocycles. The van der Waals surface area contributed by atoms with Crippen LogP contribution in [0.15, 0.2) is 12.1 Å². The van der Waals surface area contributed by atoms with Crippen LogP contribution in [0.25, 0.3) is 0 Å². The number of amides is 1. The number of carbonyl (C=O) groups excluding carboxylic acids is 1. The van der Waals surface area contributed by atoms with Gasteiger partial charge in [-0.05, 0) is 31.9 Å². The lowest BCUT2D eigenvalue weighted by molar-refractivity contribution is -0.120. The molecule has 18 heavy (non-hydrogen) atoms. The molecule has 1 aliphatic carbocycles. The minimum absolute atomic E-state index is 0.135. The summed E-state index contributed by atoms with van der Waals surface area (Å²) in [6.45, 7) is 1.43. The predicted octanol–water partition coefficient (Wildman–Crippen LogP) is 1.98. The highest BCUT2D eigenvalue weighted by molar-refractivity contribution is 7.92. The molecule has 1 aromatic rings. The van der Waals surface area contributed by atoms with Gasteiger partial charge in [0.15, 0.2) is 9.84 Å². The Morgan fingerprint density at radius 1 is 1.56 bits per heavy atom. The van der Waals surface area contributed by atoms with Crippen molar-refractivity contribution in [3.8, 4) is 0 Å². The van der Waals surface area contributed by atoms with Gasteiger partial charge < -0.3 is 5.32 Å². The molecule has 0 bridgehead atoms. The minimum atomic E-state index is -3.48. The first kappa shape index (κ1) is 13.8. The van der Waals surface area contributed by atoms with E-state index in [1.807, 2.05) is 0 Å². The summed E-state index contributed by atoms with van der Waals surface area (Å²) in [5, 5.41) is 1.70. The molecule has 1 fully saturated rings. The average Bonchev–Trinajstić information content (AvgIpc) is 3.00. The molecule has 1 heterocycles. The molecule has 1 atom stereocenters. The standard InChI is InChI=1S/C11H14ClNO3S2/c1-7(11(14)13-8-2-3-8)18(15,16)6-9-4-5-10(12)17-9/h4-5,7-8H,2-3,6H2,1H3,(H,13,14)/t7-/m0/s1. The molecule has 0 aromatic carbocycles. The highest BCUT2D eigenvalue weighted by Gasteiger charge is 2.32. The lowest BCUT2D eigenvalue weighted by atomic mass is 10.4. The van der Waals surface area contributed by atoms with Gasteiger partial charge >= 0.3 is 0 Å². The van der Waals surface area contributed by atoms with Crippen LogP contribution in [0.3, 0.4) is 0 Å². The van der Waals surface area contributed by atoms with Gasteiger partial charge in [0.05, 0.1) is 10.1 Å². The number of nitrogens with one attached hydrogen (secondary N) is 1. The fourth-order valence-electron chi connectivity index (χ4n) is 1.46. The van der Waals surface area contributed by atoms with Crippen LogP contribution in [0.1, 0.15) is 24.6 Å². The first-order valence-electron chi connectivity index (χ1n) is 5.64. The lowest BCUT2D eigenvalue weighted by Gasteiger charge is -2.12. The zero-order valence-corrected chi connectivity index (χ0v) is 12.2. The number of halogens is 1. The summed E-state index contributed by atoms with van der Waals surface area (Å²) in [4.78, 5) is 12.4. The molecule has 100 valence electrons. The Morgan fingerprint density at radius 3 is 2.72 bits per heavy atom. The molecule has 1 N–H and O–H groups in total. The van der Waals surface area contributed by atoms with Crippen molar-refractivity contribution in [3.05, 3.63) is 21.3 Å². The van der Waals surface area contributed by atoms with Crippen LogP contribution < -0.4 is 5.32 Å². The Bertz CT molecular complexity index is 548. The van der Waals surface area contributed by atoms with E-state index in [4.69, 9.17) is 11.6 Å². The molecular weight excluding hydrogens is 294 g/mol. The summed E-state index contributed by atoms with van der Waals surface area (Å²) >= 11 is 6.98. The maximum absolute atomic E-state index is 12.1. The second-order valence-corrected chi connectivity index (χ2v) is 8.56. The van der Waals surface area contributed by atoms with Crippen molar-refractivity contribution in [2.75, 3.05) is 0 Å². The molecule has 0 unspecified atom stereocenters. The van der Waals surface area contributed by atoms with Crippen molar-refractivity contribution < 1.29 is 13.2 Å². The Morgan fingerprint density at radius 2 is 2.22 bits per heavy atom. The molecule has 1 saturated carbocycles. The van der Waals surface area contributed by atoms with Gasteiger partial charge in [0.1, 0.15) is 5.25 Å². The minimum Gasteiger partial charge on any atom is -0.352 e. The first-order chi connectivity index (χ1) is 8.38. The van der Waals surface area contributed by atoms with Crippen molar-refractivity contribution in [1.82, 2.24) is 5.32 Å². The predicted molar refractivity (Wildman–Crippen MR) is 72.6 cm³/mol. The fraction of sp³-hybridized carbons (Fsp3) is 0.545. The summed E-state index contributed by atoms with van der Waals surface area (Å²) in [5.41, 5.74) is 0. The van der Waals surface area contributed by atoms with E-state index in [0.717, 1.165) is 12.8 Å². The number of hydrogen-bond donors (Lipinski definition) is 1. The summed E-state index contributed by atoms with van der Waals surface area (Å²) in [6.07, 6.45) is 1.89. The van der Waals surface area contributed by atoms with E-state index in [2.05, 4.69) is 5.32 Å². The van der Waals surface area contributed by atoms with Crippen LogP contribution in [0.5, 0.6) is 0 Å². The summed E-state index contributed by atoms with van der Waals surface area (Å²) in [7, 11) is -3.48. The molecule has 1 aliphatic rings. The summed E-state index contributed by atoms with van der Waals surface area (Å²) in [5.74, 6) is -0.538. The lowest BCUT2D eigenvalue weighted by Crippen LogP contribution is -2.39. The van der Waals surface area contributed by atoms with Crippen LogP contribution in [-0.2, 0) is 20.4 Å². The zero-order valence-electron chi connectivity index (χ0n) is 9.85. The monoisotopic (exact) mass is 307 g/mol. The van der Waals surface area contributed by atoms with Gasteiger partial charge in [0.2, 0.25) is 5.91 Å². The van der Waals surface area contributed by atoms with E-state index in [1.165, 1.54) is 18.3 Å². The van der Waals surface area contributed by atoms with Gasteiger partial charge in [0, 0.05) is 10.9 Å². The first-order valence-corrected chi connectivity index (χ1v) is 8.55. The number of carbonyl (C=O) groups is 1. The third-order valence-electron chi connectivity index (χ3n) is 2.80. The Hall–Kier alpha value is -0.590. The maximum Gasteiger partial charge on any atom is 0.238 e. The van der Waals surface area contributed by atoms with E-state index < -0.39 is 21.0 Å².